The Kier molecular flexibility index (Phi) is 5.50. The summed E-state index contributed by atoms with van der Waals surface area (Å²) in [7, 11) is 2.00. The molecule has 0 bridgehead atoms. The second-order valence-electron chi connectivity index (χ2n) is 5.78. The Morgan fingerprint density at radius 1 is 1.37 bits per heavy atom. The summed E-state index contributed by atoms with van der Waals surface area (Å²) < 4.78 is 13.7. The summed E-state index contributed by atoms with van der Waals surface area (Å²) in [6, 6.07) is 9.25. The number of nitrogens with zero attached hydrogens (tertiary/aromatic N) is 2. The van der Waals surface area contributed by atoms with Crippen molar-refractivity contribution >= 4 is 0 Å². The second-order valence-corrected chi connectivity index (χ2v) is 5.78. The zero-order valence-electron chi connectivity index (χ0n) is 12.3. The predicted molar refractivity (Wildman–Crippen MR) is 76.1 cm³/mol. The quantitative estimate of drug-likeness (QED) is 0.770. The first-order valence-electron chi connectivity index (χ1n) is 6.73. The average molecular weight is 262 g/mol. The van der Waals surface area contributed by atoms with E-state index in [1.807, 2.05) is 40.0 Å². The Morgan fingerprint density at radius 2 is 2.00 bits per heavy atom. The SMILES string of the molecule is CC(c1ccccc1F)N(C)CCCC(C)(C)C#N. The molecule has 0 aromatic heterocycles. The third-order valence-electron chi connectivity index (χ3n) is 3.63. The Bertz CT molecular complexity index is 448. The summed E-state index contributed by atoms with van der Waals surface area (Å²) in [6.07, 6.45) is 1.80. The number of benzene rings is 1. The molecule has 3 heteroatoms. The number of hydrogen-bond donors (Lipinski definition) is 0. The first-order chi connectivity index (χ1) is 8.87. The average Bonchev–Trinajstić information content (AvgIpc) is 2.38. The van der Waals surface area contributed by atoms with Gasteiger partial charge >= 0.3 is 0 Å². The van der Waals surface area contributed by atoms with Crippen molar-refractivity contribution in [1.29, 1.82) is 5.26 Å². The van der Waals surface area contributed by atoms with Crippen molar-refractivity contribution in [1.82, 2.24) is 4.90 Å². The Morgan fingerprint density at radius 3 is 2.58 bits per heavy atom. The van der Waals surface area contributed by atoms with Crippen LogP contribution in [0.2, 0.25) is 0 Å². The van der Waals surface area contributed by atoms with Crippen molar-refractivity contribution in [2.75, 3.05) is 13.6 Å². The van der Waals surface area contributed by atoms with E-state index in [-0.39, 0.29) is 17.3 Å². The molecule has 0 amide bonds. The highest BCUT2D eigenvalue weighted by molar-refractivity contribution is 5.20. The van der Waals surface area contributed by atoms with E-state index >= 15 is 0 Å². The first-order valence-corrected chi connectivity index (χ1v) is 6.73. The van der Waals surface area contributed by atoms with Gasteiger partial charge in [-0.15, -0.1) is 0 Å². The number of rotatable bonds is 6. The lowest BCUT2D eigenvalue weighted by molar-refractivity contribution is 0.241. The van der Waals surface area contributed by atoms with Crippen LogP contribution in [0.1, 0.15) is 45.2 Å². The van der Waals surface area contributed by atoms with Gasteiger partial charge in [0.25, 0.3) is 0 Å². The van der Waals surface area contributed by atoms with Crippen LogP contribution in [0.3, 0.4) is 0 Å². The lowest BCUT2D eigenvalue weighted by Crippen LogP contribution is -2.25. The number of halogens is 1. The maximum atomic E-state index is 13.7. The molecule has 1 atom stereocenters. The van der Waals surface area contributed by atoms with Crippen molar-refractivity contribution in [3.05, 3.63) is 35.6 Å². The maximum absolute atomic E-state index is 13.7. The molecule has 19 heavy (non-hydrogen) atoms. The van der Waals surface area contributed by atoms with Gasteiger partial charge in [-0.1, -0.05) is 18.2 Å². The van der Waals surface area contributed by atoms with Crippen molar-refractivity contribution in [2.45, 2.75) is 39.7 Å². The smallest absolute Gasteiger partial charge is 0.127 e. The highest BCUT2D eigenvalue weighted by atomic mass is 19.1. The van der Waals surface area contributed by atoms with Gasteiger partial charge in [-0.05, 0) is 53.3 Å². The van der Waals surface area contributed by atoms with Gasteiger partial charge in [-0.2, -0.15) is 5.26 Å². The van der Waals surface area contributed by atoms with Crippen LogP contribution in [0.25, 0.3) is 0 Å². The van der Waals surface area contributed by atoms with Gasteiger partial charge < -0.3 is 0 Å². The number of nitriles is 1. The molecule has 0 aliphatic carbocycles. The van der Waals surface area contributed by atoms with E-state index in [4.69, 9.17) is 5.26 Å². The van der Waals surface area contributed by atoms with E-state index < -0.39 is 0 Å². The monoisotopic (exact) mass is 262 g/mol. The summed E-state index contributed by atoms with van der Waals surface area (Å²) >= 11 is 0. The van der Waals surface area contributed by atoms with Gasteiger partial charge in [-0.25, -0.2) is 4.39 Å². The van der Waals surface area contributed by atoms with Gasteiger partial charge in [0, 0.05) is 11.6 Å². The minimum Gasteiger partial charge on any atom is -0.300 e. The van der Waals surface area contributed by atoms with E-state index in [9.17, 15) is 4.39 Å². The lowest BCUT2D eigenvalue weighted by Gasteiger charge is -2.26. The molecule has 0 radical (unpaired) electrons. The van der Waals surface area contributed by atoms with Gasteiger partial charge in [0.15, 0.2) is 0 Å². The van der Waals surface area contributed by atoms with E-state index in [0.29, 0.717) is 0 Å². The van der Waals surface area contributed by atoms with E-state index in [2.05, 4.69) is 11.0 Å². The summed E-state index contributed by atoms with van der Waals surface area (Å²) in [6.45, 7) is 6.77. The van der Waals surface area contributed by atoms with Gasteiger partial charge in [0.2, 0.25) is 0 Å². The van der Waals surface area contributed by atoms with Crippen LogP contribution in [-0.4, -0.2) is 18.5 Å². The van der Waals surface area contributed by atoms with Gasteiger partial charge in [0.1, 0.15) is 5.82 Å². The van der Waals surface area contributed by atoms with Gasteiger partial charge in [-0.3, -0.25) is 4.90 Å². The second kappa shape index (κ2) is 6.68. The maximum Gasteiger partial charge on any atom is 0.127 e. The molecule has 1 unspecified atom stereocenters. The zero-order valence-corrected chi connectivity index (χ0v) is 12.3. The molecule has 0 saturated heterocycles. The molecule has 0 fully saturated rings. The van der Waals surface area contributed by atoms with Crippen molar-refractivity contribution < 1.29 is 4.39 Å². The first kappa shape index (κ1) is 15.7. The Hall–Kier alpha value is -1.40. The Labute approximate surface area is 115 Å². The minimum absolute atomic E-state index is 0.0476. The van der Waals surface area contributed by atoms with Crippen LogP contribution in [0.5, 0.6) is 0 Å². The summed E-state index contributed by atoms with van der Waals surface area (Å²) in [4.78, 5) is 2.13. The third kappa shape index (κ3) is 4.65. The topological polar surface area (TPSA) is 27.0 Å². The van der Waals surface area contributed by atoms with Crippen molar-refractivity contribution in [2.24, 2.45) is 5.41 Å². The molecule has 104 valence electrons. The lowest BCUT2D eigenvalue weighted by atomic mass is 9.89. The molecule has 1 aromatic rings. The molecular weight excluding hydrogens is 239 g/mol. The summed E-state index contributed by atoms with van der Waals surface area (Å²) in [5.74, 6) is -0.154. The van der Waals surface area contributed by atoms with E-state index in [1.165, 1.54) is 6.07 Å². The molecule has 1 aromatic carbocycles. The third-order valence-corrected chi connectivity index (χ3v) is 3.63. The van der Waals surface area contributed by atoms with Gasteiger partial charge in [0.05, 0.1) is 11.5 Å². The zero-order chi connectivity index (χ0) is 14.5. The highest BCUT2D eigenvalue weighted by Crippen LogP contribution is 2.24. The fourth-order valence-corrected chi connectivity index (χ4v) is 2.07. The van der Waals surface area contributed by atoms with Crippen LogP contribution in [0.15, 0.2) is 24.3 Å². The Balaban J connectivity index is 2.53. The fourth-order valence-electron chi connectivity index (χ4n) is 2.07. The van der Waals surface area contributed by atoms with Crippen molar-refractivity contribution in [3.63, 3.8) is 0 Å². The van der Waals surface area contributed by atoms with Crippen LogP contribution < -0.4 is 0 Å². The minimum atomic E-state index is -0.276. The molecular formula is C16H23FN2. The normalized spacial score (nSPS) is 13.3. The molecule has 2 nitrogen and oxygen atoms in total. The summed E-state index contributed by atoms with van der Waals surface area (Å²) in [5.41, 5.74) is 0.451. The van der Waals surface area contributed by atoms with Crippen LogP contribution in [0.4, 0.5) is 4.39 Å². The summed E-state index contributed by atoms with van der Waals surface area (Å²) in [5, 5.41) is 8.97. The molecule has 0 saturated carbocycles. The molecule has 0 heterocycles. The molecule has 1 rings (SSSR count). The molecule has 0 aliphatic rings. The largest absolute Gasteiger partial charge is 0.300 e. The van der Waals surface area contributed by atoms with Crippen molar-refractivity contribution in [3.8, 4) is 6.07 Å². The van der Waals surface area contributed by atoms with E-state index in [0.717, 1.165) is 24.9 Å². The number of hydrogen-bond acceptors (Lipinski definition) is 2. The van der Waals surface area contributed by atoms with Crippen LogP contribution >= 0.6 is 0 Å². The van der Waals surface area contributed by atoms with Crippen LogP contribution in [-0.2, 0) is 0 Å². The highest BCUT2D eigenvalue weighted by Gasteiger charge is 2.18. The fraction of sp³-hybridized carbons (Fsp3) is 0.562. The van der Waals surface area contributed by atoms with E-state index in [1.54, 1.807) is 6.07 Å². The molecule has 0 aliphatic heterocycles. The molecule has 0 N–H and O–H groups in total. The predicted octanol–water partition coefficient (Wildman–Crippen LogP) is 4.15. The standard InChI is InChI=1S/C16H23FN2/c1-13(14-8-5-6-9-15(14)17)19(4)11-7-10-16(2,3)12-18/h5-6,8-9,13H,7,10-11H2,1-4H3. The molecule has 0 spiro atoms. The van der Waals surface area contributed by atoms with Crippen LogP contribution in [0, 0.1) is 22.6 Å².